The summed E-state index contributed by atoms with van der Waals surface area (Å²) in [6.07, 6.45) is -6.69. The van der Waals surface area contributed by atoms with Crippen LogP contribution in [0.25, 0.3) is 6.08 Å². The number of alkyl halides is 3. The molecular weight excluding hydrogens is 315 g/mol. The first-order valence-electron chi connectivity index (χ1n) is 5.54. The number of halogens is 4. The lowest BCUT2D eigenvalue weighted by atomic mass is 9.99. The van der Waals surface area contributed by atoms with Gasteiger partial charge >= 0.3 is 12.1 Å². The lowest BCUT2D eigenvalue weighted by Crippen LogP contribution is -2.40. The standard InChI is InChI=1S/C12H7ClF3NO4/c13-7-1-5-3-8(11(18)19)10(12(14,15)16)21-9(5)6(2-7)4-17-20/h1-3,10H,4H2,(H,18,19). The third kappa shape index (κ3) is 2.99. The van der Waals surface area contributed by atoms with Gasteiger partial charge in [-0.25, -0.2) is 4.79 Å². The maximum Gasteiger partial charge on any atom is 0.430 e. The fourth-order valence-corrected chi connectivity index (χ4v) is 2.20. The van der Waals surface area contributed by atoms with Crippen molar-refractivity contribution in [2.24, 2.45) is 5.18 Å². The van der Waals surface area contributed by atoms with Gasteiger partial charge in [-0.1, -0.05) is 16.8 Å². The second kappa shape index (κ2) is 5.36. The molecule has 0 spiro atoms. The minimum absolute atomic E-state index is 0.0547. The Kier molecular flexibility index (Phi) is 3.91. The van der Waals surface area contributed by atoms with Gasteiger partial charge in [0, 0.05) is 16.1 Å². The van der Waals surface area contributed by atoms with Crippen LogP contribution >= 0.6 is 11.6 Å². The summed E-state index contributed by atoms with van der Waals surface area (Å²) < 4.78 is 43.5. The number of carboxylic acids is 1. The lowest BCUT2D eigenvalue weighted by Gasteiger charge is -2.28. The summed E-state index contributed by atoms with van der Waals surface area (Å²) in [5.74, 6) is -2.00. The molecule has 0 amide bonds. The molecular formula is C12H7ClF3NO4. The van der Waals surface area contributed by atoms with E-state index in [1.807, 2.05) is 0 Å². The van der Waals surface area contributed by atoms with Crippen molar-refractivity contribution in [2.45, 2.75) is 18.8 Å². The van der Waals surface area contributed by atoms with Crippen LogP contribution in [0.15, 0.2) is 22.9 Å². The monoisotopic (exact) mass is 321 g/mol. The SMILES string of the molecule is O=NCc1cc(Cl)cc2c1OC(C(F)(F)F)C(C(=O)O)=C2. The molecule has 0 bridgehead atoms. The van der Waals surface area contributed by atoms with Crippen molar-refractivity contribution in [2.75, 3.05) is 0 Å². The predicted octanol–water partition coefficient (Wildman–Crippen LogP) is 3.40. The van der Waals surface area contributed by atoms with Crippen molar-refractivity contribution >= 4 is 23.6 Å². The molecule has 0 saturated carbocycles. The van der Waals surface area contributed by atoms with Crippen molar-refractivity contribution in [1.82, 2.24) is 0 Å². The first-order valence-corrected chi connectivity index (χ1v) is 5.91. The van der Waals surface area contributed by atoms with Crippen LogP contribution in [-0.4, -0.2) is 23.4 Å². The van der Waals surface area contributed by atoms with Crippen molar-refractivity contribution in [1.29, 1.82) is 0 Å². The number of carboxylic acid groups (broad SMARTS) is 1. The number of rotatable bonds is 3. The van der Waals surface area contributed by atoms with E-state index in [4.69, 9.17) is 21.4 Å². The van der Waals surface area contributed by atoms with E-state index in [9.17, 15) is 22.9 Å². The van der Waals surface area contributed by atoms with Crippen LogP contribution in [0.2, 0.25) is 5.02 Å². The first-order chi connectivity index (χ1) is 9.74. The fraction of sp³-hybridized carbons (Fsp3) is 0.250. The van der Waals surface area contributed by atoms with Gasteiger partial charge < -0.3 is 9.84 Å². The second-order valence-electron chi connectivity index (χ2n) is 4.21. The van der Waals surface area contributed by atoms with E-state index in [2.05, 4.69) is 5.18 Å². The van der Waals surface area contributed by atoms with Crippen LogP contribution in [0.5, 0.6) is 5.75 Å². The van der Waals surface area contributed by atoms with E-state index in [0.29, 0.717) is 0 Å². The van der Waals surface area contributed by atoms with Crippen molar-refractivity contribution in [3.63, 3.8) is 0 Å². The zero-order valence-electron chi connectivity index (χ0n) is 10.1. The number of fused-ring (bicyclic) bond motifs is 1. The van der Waals surface area contributed by atoms with Crippen LogP contribution in [0.4, 0.5) is 13.2 Å². The van der Waals surface area contributed by atoms with E-state index in [0.717, 1.165) is 6.08 Å². The highest BCUT2D eigenvalue weighted by Crippen LogP contribution is 2.40. The Labute approximate surface area is 120 Å². The van der Waals surface area contributed by atoms with Crippen LogP contribution in [0.1, 0.15) is 11.1 Å². The Balaban J connectivity index is 2.62. The van der Waals surface area contributed by atoms with Gasteiger partial charge in [0.2, 0.25) is 6.10 Å². The number of ether oxygens (including phenoxy) is 1. The molecule has 1 aromatic carbocycles. The zero-order valence-corrected chi connectivity index (χ0v) is 10.9. The van der Waals surface area contributed by atoms with Gasteiger partial charge in [0.15, 0.2) is 0 Å². The van der Waals surface area contributed by atoms with Crippen LogP contribution in [-0.2, 0) is 11.3 Å². The third-order valence-electron chi connectivity index (χ3n) is 2.77. The third-order valence-corrected chi connectivity index (χ3v) is 2.99. The van der Waals surface area contributed by atoms with E-state index >= 15 is 0 Å². The molecule has 1 aliphatic rings. The molecule has 0 saturated heterocycles. The van der Waals surface area contributed by atoms with Gasteiger partial charge in [-0.2, -0.15) is 18.1 Å². The molecule has 1 aromatic rings. The molecule has 112 valence electrons. The molecule has 1 aliphatic heterocycles. The van der Waals surface area contributed by atoms with E-state index in [1.165, 1.54) is 12.1 Å². The fourth-order valence-electron chi connectivity index (χ4n) is 1.95. The second-order valence-corrected chi connectivity index (χ2v) is 4.65. The highest BCUT2D eigenvalue weighted by molar-refractivity contribution is 6.30. The number of carbonyl (C=O) groups is 1. The molecule has 0 fully saturated rings. The molecule has 0 aliphatic carbocycles. The maximum absolute atomic E-state index is 12.9. The van der Waals surface area contributed by atoms with E-state index < -0.39 is 30.4 Å². The normalized spacial score (nSPS) is 17.5. The highest BCUT2D eigenvalue weighted by atomic mass is 35.5. The minimum Gasteiger partial charge on any atom is -0.478 e. The molecule has 0 aromatic heterocycles. The number of aliphatic carboxylic acids is 1. The lowest BCUT2D eigenvalue weighted by molar-refractivity contribution is -0.187. The Morgan fingerprint density at radius 2 is 2.10 bits per heavy atom. The molecule has 1 atom stereocenters. The maximum atomic E-state index is 12.9. The van der Waals surface area contributed by atoms with Gasteiger partial charge in [-0.05, 0) is 18.2 Å². The zero-order chi connectivity index (χ0) is 15.8. The van der Waals surface area contributed by atoms with E-state index in [1.54, 1.807) is 0 Å². The Hall–Kier alpha value is -2.09. The van der Waals surface area contributed by atoms with Crippen LogP contribution in [0.3, 0.4) is 0 Å². The number of benzene rings is 1. The summed E-state index contributed by atoms with van der Waals surface area (Å²) in [4.78, 5) is 21.3. The summed E-state index contributed by atoms with van der Waals surface area (Å²) in [5, 5.41) is 11.6. The van der Waals surface area contributed by atoms with Crippen molar-refractivity contribution in [3.8, 4) is 5.75 Å². The smallest absolute Gasteiger partial charge is 0.430 e. The summed E-state index contributed by atoms with van der Waals surface area (Å²) in [7, 11) is 0. The number of nitrogens with zero attached hydrogens (tertiary/aromatic N) is 1. The minimum atomic E-state index is -4.91. The first kappa shape index (κ1) is 15.3. The average Bonchev–Trinajstić information content (AvgIpc) is 2.36. The average molecular weight is 322 g/mol. The number of hydrogen-bond acceptors (Lipinski definition) is 4. The summed E-state index contributed by atoms with van der Waals surface area (Å²) >= 11 is 5.77. The van der Waals surface area contributed by atoms with Crippen molar-refractivity contribution in [3.05, 3.63) is 38.8 Å². The molecule has 1 unspecified atom stereocenters. The number of hydrogen-bond donors (Lipinski definition) is 1. The molecule has 1 N–H and O–H groups in total. The van der Waals surface area contributed by atoms with Gasteiger partial charge in [0.1, 0.15) is 12.3 Å². The van der Waals surface area contributed by atoms with Crippen LogP contribution in [0, 0.1) is 4.91 Å². The summed E-state index contributed by atoms with van der Waals surface area (Å²) in [6, 6.07) is 2.50. The topological polar surface area (TPSA) is 76.0 Å². The van der Waals surface area contributed by atoms with Gasteiger partial charge in [0.05, 0.1) is 5.57 Å². The van der Waals surface area contributed by atoms with Gasteiger partial charge in [-0.15, -0.1) is 0 Å². The number of nitroso groups, excluding NO2 is 1. The van der Waals surface area contributed by atoms with Gasteiger partial charge in [-0.3, -0.25) is 0 Å². The summed E-state index contributed by atoms with van der Waals surface area (Å²) in [6.45, 7) is -0.441. The quantitative estimate of drug-likeness (QED) is 0.866. The van der Waals surface area contributed by atoms with Crippen molar-refractivity contribution < 1.29 is 27.8 Å². The van der Waals surface area contributed by atoms with Gasteiger partial charge in [0.25, 0.3) is 0 Å². The molecule has 21 heavy (non-hydrogen) atoms. The molecule has 9 heteroatoms. The Morgan fingerprint density at radius 3 is 2.62 bits per heavy atom. The molecule has 0 radical (unpaired) electrons. The highest BCUT2D eigenvalue weighted by Gasteiger charge is 2.48. The Morgan fingerprint density at radius 1 is 1.43 bits per heavy atom. The predicted molar refractivity (Wildman–Crippen MR) is 67.0 cm³/mol. The largest absolute Gasteiger partial charge is 0.478 e. The van der Waals surface area contributed by atoms with E-state index in [-0.39, 0.29) is 21.9 Å². The molecule has 1 heterocycles. The molecule has 2 rings (SSSR count). The van der Waals surface area contributed by atoms with Crippen LogP contribution < -0.4 is 4.74 Å². The molecule has 5 nitrogen and oxygen atoms in total. The Bertz CT molecular complexity index is 642. The summed E-state index contributed by atoms with van der Waals surface area (Å²) in [5.41, 5.74) is -0.844.